The van der Waals surface area contributed by atoms with Crippen LogP contribution in [0.25, 0.3) is 0 Å². The molecule has 1 rings (SSSR count). The monoisotopic (exact) mass is 258 g/mol. The van der Waals surface area contributed by atoms with E-state index in [0.29, 0.717) is 0 Å². The maximum atomic E-state index is 10.9. The summed E-state index contributed by atoms with van der Waals surface area (Å²) in [5.74, 6) is -1.64. The van der Waals surface area contributed by atoms with Gasteiger partial charge in [-0.05, 0) is 18.2 Å². The fraction of sp³-hybridized carbons (Fsp3) is 0.364. The standard InChI is InChI=1S/C11H14O7/c12-4-8(14)10(16)9(15)7-3-5(13)1-2-6(7)11(17)18/h1-3,8-10,12-16H,4H2,(H,17,18). The number of phenols is 1. The van der Waals surface area contributed by atoms with Crippen molar-refractivity contribution in [3.63, 3.8) is 0 Å². The zero-order valence-corrected chi connectivity index (χ0v) is 9.26. The number of aromatic hydroxyl groups is 1. The molecule has 0 fully saturated rings. The number of rotatable bonds is 5. The summed E-state index contributed by atoms with van der Waals surface area (Å²) in [6.07, 6.45) is -5.13. The van der Waals surface area contributed by atoms with Gasteiger partial charge >= 0.3 is 5.97 Å². The molecule has 0 aliphatic rings. The van der Waals surface area contributed by atoms with Crippen LogP contribution in [0.3, 0.4) is 0 Å². The topological polar surface area (TPSA) is 138 Å². The van der Waals surface area contributed by atoms with Crippen molar-refractivity contribution in [1.29, 1.82) is 0 Å². The number of benzene rings is 1. The number of carbonyl (C=O) groups is 1. The van der Waals surface area contributed by atoms with Crippen molar-refractivity contribution < 1.29 is 35.4 Å². The van der Waals surface area contributed by atoms with E-state index in [-0.39, 0.29) is 16.9 Å². The maximum Gasteiger partial charge on any atom is 0.336 e. The largest absolute Gasteiger partial charge is 0.508 e. The van der Waals surface area contributed by atoms with Crippen molar-refractivity contribution in [2.24, 2.45) is 0 Å². The highest BCUT2D eigenvalue weighted by molar-refractivity contribution is 5.89. The number of hydrogen-bond donors (Lipinski definition) is 6. The third-order valence-corrected chi connectivity index (χ3v) is 2.49. The highest BCUT2D eigenvalue weighted by Gasteiger charge is 2.28. The molecule has 6 N–H and O–H groups in total. The lowest BCUT2D eigenvalue weighted by molar-refractivity contribution is -0.0779. The van der Waals surface area contributed by atoms with Gasteiger partial charge in [0.15, 0.2) is 0 Å². The number of aromatic carboxylic acids is 1. The zero-order valence-electron chi connectivity index (χ0n) is 9.26. The SMILES string of the molecule is O=C(O)c1ccc(O)cc1C(O)C(O)C(O)CO. The van der Waals surface area contributed by atoms with Crippen LogP contribution in [0.2, 0.25) is 0 Å². The van der Waals surface area contributed by atoms with Crippen LogP contribution in [-0.4, -0.2) is 55.4 Å². The molecular weight excluding hydrogens is 244 g/mol. The third kappa shape index (κ3) is 2.96. The first-order valence-corrected chi connectivity index (χ1v) is 5.09. The average molecular weight is 258 g/mol. The van der Waals surface area contributed by atoms with Gasteiger partial charge in [-0.3, -0.25) is 0 Å². The number of aliphatic hydroxyl groups excluding tert-OH is 4. The van der Waals surface area contributed by atoms with Crippen molar-refractivity contribution in [3.8, 4) is 5.75 Å². The minimum atomic E-state index is -1.77. The quantitative estimate of drug-likeness (QED) is 0.391. The van der Waals surface area contributed by atoms with Gasteiger partial charge in [0.25, 0.3) is 0 Å². The van der Waals surface area contributed by atoms with Crippen molar-refractivity contribution >= 4 is 5.97 Å². The Hall–Kier alpha value is -1.67. The number of carboxylic acids is 1. The van der Waals surface area contributed by atoms with E-state index in [2.05, 4.69) is 0 Å². The molecule has 0 amide bonds. The summed E-state index contributed by atoms with van der Waals surface area (Å²) in [6, 6.07) is 3.16. The smallest absolute Gasteiger partial charge is 0.336 e. The molecule has 3 unspecified atom stereocenters. The van der Waals surface area contributed by atoms with Crippen LogP contribution in [0.5, 0.6) is 5.75 Å². The molecule has 0 saturated carbocycles. The highest BCUT2D eigenvalue weighted by Crippen LogP contribution is 2.26. The second-order valence-electron chi connectivity index (χ2n) is 3.76. The van der Waals surface area contributed by atoms with Crippen LogP contribution in [-0.2, 0) is 0 Å². The fourth-order valence-electron chi connectivity index (χ4n) is 1.49. The Morgan fingerprint density at radius 3 is 2.33 bits per heavy atom. The Labute approximate surface area is 102 Å². The summed E-state index contributed by atoms with van der Waals surface area (Å²) in [5.41, 5.74) is -0.563. The van der Waals surface area contributed by atoms with Crippen LogP contribution in [0.15, 0.2) is 18.2 Å². The Kier molecular flexibility index (Phi) is 4.62. The molecule has 3 atom stereocenters. The van der Waals surface area contributed by atoms with Crippen molar-refractivity contribution in [1.82, 2.24) is 0 Å². The van der Waals surface area contributed by atoms with E-state index in [1.165, 1.54) is 0 Å². The summed E-state index contributed by atoms with van der Waals surface area (Å²) in [7, 11) is 0. The molecule has 100 valence electrons. The van der Waals surface area contributed by atoms with Crippen molar-refractivity contribution in [2.75, 3.05) is 6.61 Å². The fourth-order valence-corrected chi connectivity index (χ4v) is 1.49. The van der Waals surface area contributed by atoms with Gasteiger partial charge in [0.1, 0.15) is 24.1 Å². The molecule has 18 heavy (non-hydrogen) atoms. The number of aliphatic hydroxyl groups is 4. The molecule has 7 nitrogen and oxygen atoms in total. The minimum absolute atomic E-state index is 0.248. The van der Waals surface area contributed by atoms with Gasteiger partial charge < -0.3 is 30.6 Å². The highest BCUT2D eigenvalue weighted by atomic mass is 16.4. The molecule has 0 spiro atoms. The van der Waals surface area contributed by atoms with Crippen LogP contribution < -0.4 is 0 Å². The van der Waals surface area contributed by atoms with E-state index < -0.39 is 30.9 Å². The zero-order chi connectivity index (χ0) is 13.9. The molecular formula is C11H14O7. The van der Waals surface area contributed by atoms with E-state index in [1.807, 2.05) is 0 Å². The average Bonchev–Trinajstić information content (AvgIpc) is 2.35. The van der Waals surface area contributed by atoms with Crippen LogP contribution >= 0.6 is 0 Å². The number of hydrogen-bond acceptors (Lipinski definition) is 6. The van der Waals surface area contributed by atoms with Gasteiger partial charge in [-0.15, -0.1) is 0 Å². The molecule has 0 aliphatic heterocycles. The first kappa shape index (κ1) is 14.4. The summed E-state index contributed by atoms with van der Waals surface area (Å²) in [6.45, 7) is -0.792. The molecule has 1 aromatic rings. The van der Waals surface area contributed by atoms with Gasteiger partial charge in [-0.25, -0.2) is 4.79 Å². The van der Waals surface area contributed by atoms with Crippen LogP contribution in [0, 0.1) is 0 Å². The third-order valence-electron chi connectivity index (χ3n) is 2.49. The summed E-state index contributed by atoms with van der Waals surface area (Å²) in [5, 5.41) is 55.2. The second kappa shape index (κ2) is 5.78. The Morgan fingerprint density at radius 2 is 1.83 bits per heavy atom. The molecule has 0 heterocycles. The van der Waals surface area contributed by atoms with E-state index in [1.54, 1.807) is 0 Å². The molecule has 0 aromatic heterocycles. The predicted octanol–water partition coefficient (Wildman–Crippen LogP) is -1.16. The van der Waals surface area contributed by atoms with E-state index >= 15 is 0 Å². The lowest BCUT2D eigenvalue weighted by atomic mass is 9.96. The maximum absolute atomic E-state index is 10.9. The normalized spacial score (nSPS) is 16.0. The van der Waals surface area contributed by atoms with Crippen LogP contribution in [0.4, 0.5) is 0 Å². The Balaban J connectivity index is 3.14. The van der Waals surface area contributed by atoms with Crippen LogP contribution in [0.1, 0.15) is 22.0 Å². The molecule has 0 saturated heterocycles. The molecule has 0 radical (unpaired) electrons. The van der Waals surface area contributed by atoms with Gasteiger partial charge in [0, 0.05) is 5.56 Å². The lowest BCUT2D eigenvalue weighted by Gasteiger charge is -2.23. The molecule has 0 aliphatic carbocycles. The van der Waals surface area contributed by atoms with E-state index in [4.69, 9.17) is 10.2 Å². The van der Waals surface area contributed by atoms with Crippen molar-refractivity contribution in [2.45, 2.75) is 18.3 Å². The number of carboxylic acid groups (broad SMARTS) is 1. The summed E-state index contributed by atoms with van der Waals surface area (Å²) >= 11 is 0. The van der Waals surface area contributed by atoms with E-state index in [9.17, 15) is 25.2 Å². The van der Waals surface area contributed by atoms with Gasteiger partial charge in [-0.1, -0.05) is 0 Å². The molecule has 0 bridgehead atoms. The molecule has 7 heteroatoms. The van der Waals surface area contributed by atoms with Gasteiger partial charge in [-0.2, -0.15) is 0 Å². The second-order valence-corrected chi connectivity index (χ2v) is 3.76. The van der Waals surface area contributed by atoms with E-state index in [0.717, 1.165) is 18.2 Å². The van der Waals surface area contributed by atoms with Gasteiger partial charge in [0.05, 0.1) is 12.2 Å². The predicted molar refractivity (Wildman–Crippen MR) is 59.1 cm³/mol. The first-order chi connectivity index (χ1) is 8.38. The Bertz CT molecular complexity index is 431. The Morgan fingerprint density at radius 1 is 1.22 bits per heavy atom. The first-order valence-electron chi connectivity index (χ1n) is 5.09. The van der Waals surface area contributed by atoms with Crippen molar-refractivity contribution in [3.05, 3.63) is 29.3 Å². The summed E-state index contributed by atoms with van der Waals surface area (Å²) in [4.78, 5) is 10.9. The molecule has 1 aromatic carbocycles. The summed E-state index contributed by atoms with van der Waals surface area (Å²) < 4.78 is 0. The lowest BCUT2D eigenvalue weighted by Crippen LogP contribution is -2.35. The number of phenolic OH excluding ortho intramolecular Hbond substituents is 1. The minimum Gasteiger partial charge on any atom is -0.508 e. The van der Waals surface area contributed by atoms with Gasteiger partial charge in [0.2, 0.25) is 0 Å².